The summed E-state index contributed by atoms with van der Waals surface area (Å²) in [6.45, 7) is 3.25. The molecule has 1 fully saturated rings. The topological polar surface area (TPSA) is 91.8 Å². The number of nitrogens with one attached hydrogen (secondary N) is 1. The van der Waals surface area contributed by atoms with Gasteiger partial charge in [0.05, 0.1) is 18.4 Å². The maximum absolute atomic E-state index is 12.0. The zero-order chi connectivity index (χ0) is 15.2. The van der Waals surface area contributed by atoms with Crippen LogP contribution in [0.4, 0.5) is 4.79 Å². The number of rotatable bonds is 3. The molecule has 0 atom stereocenters. The van der Waals surface area contributed by atoms with Gasteiger partial charge in [0.25, 0.3) is 5.91 Å². The summed E-state index contributed by atoms with van der Waals surface area (Å²) in [7, 11) is 0. The molecule has 0 saturated carbocycles. The van der Waals surface area contributed by atoms with E-state index >= 15 is 0 Å². The molecule has 7 heteroatoms. The number of aromatic hydroxyl groups is 1. The largest absolute Gasteiger partial charge is 0.506 e. The second-order valence-electron chi connectivity index (χ2n) is 4.87. The summed E-state index contributed by atoms with van der Waals surface area (Å²) in [5.41, 5.74) is 0.322. The molecule has 21 heavy (non-hydrogen) atoms. The highest BCUT2D eigenvalue weighted by Crippen LogP contribution is 2.13. The Bertz CT molecular complexity index is 513. The molecule has 1 aromatic rings. The van der Waals surface area contributed by atoms with Crippen LogP contribution >= 0.6 is 0 Å². The number of nitrogens with zero attached hydrogens (tertiary/aromatic N) is 2. The number of carbonyl (C=O) groups excluding carboxylic acids is 2. The second-order valence-corrected chi connectivity index (χ2v) is 4.87. The fourth-order valence-electron chi connectivity index (χ4n) is 2.24. The SMILES string of the molecule is CCOC(=O)N1CCC(NC(=O)c2cncc(O)c2)CC1. The van der Waals surface area contributed by atoms with Crippen LogP contribution in [0.2, 0.25) is 0 Å². The van der Waals surface area contributed by atoms with E-state index in [1.165, 1.54) is 18.5 Å². The van der Waals surface area contributed by atoms with Crippen molar-refractivity contribution in [3.05, 3.63) is 24.0 Å². The van der Waals surface area contributed by atoms with E-state index in [-0.39, 0.29) is 23.8 Å². The van der Waals surface area contributed by atoms with Crippen molar-refractivity contribution in [2.45, 2.75) is 25.8 Å². The van der Waals surface area contributed by atoms with Crippen molar-refractivity contribution in [3.63, 3.8) is 0 Å². The van der Waals surface area contributed by atoms with E-state index < -0.39 is 0 Å². The summed E-state index contributed by atoms with van der Waals surface area (Å²) < 4.78 is 4.94. The number of carbonyl (C=O) groups is 2. The van der Waals surface area contributed by atoms with Crippen molar-refractivity contribution in [2.24, 2.45) is 0 Å². The van der Waals surface area contributed by atoms with Crippen LogP contribution < -0.4 is 5.32 Å². The quantitative estimate of drug-likeness (QED) is 0.872. The number of likely N-dealkylation sites (tertiary alicyclic amines) is 1. The van der Waals surface area contributed by atoms with Gasteiger partial charge in [-0.2, -0.15) is 0 Å². The van der Waals surface area contributed by atoms with E-state index in [4.69, 9.17) is 4.74 Å². The molecule has 1 aromatic heterocycles. The Labute approximate surface area is 122 Å². The van der Waals surface area contributed by atoms with Gasteiger partial charge in [-0.15, -0.1) is 0 Å². The normalized spacial score (nSPS) is 15.6. The van der Waals surface area contributed by atoms with E-state index in [1.807, 2.05) is 0 Å². The third-order valence-corrected chi connectivity index (χ3v) is 3.34. The fourth-order valence-corrected chi connectivity index (χ4v) is 2.24. The molecule has 0 spiro atoms. The summed E-state index contributed by atoms with van der Waals surface area (Å²) in [5, 5.41) is 12.2. The van der Waals surface area contributed by atoms with Gasteiger partial charge in [-0.25, -0.2) is 4.79 Å². The van der Waals surface area contributed by atoms with Gasteiger partial charge in [0, 0.05) is 25.3 Å². The van der Waals surface area contributed by atoms with Crippen LogP contribution in [0.5, 0.6) is 5.75 Å². The lowest BCUT2D eigenvalue weighted by atomic mass is 10.0. The lowest BCUT2D eigenvalue weighted by Gasteiger charge is -2.31. The molecule has 2 heterocycles. The number of amides is 2. The number of ether oxygens (including phenoxy) is 1. The Morgan fingerprint density at radius 2 is 2.14 bits per heavy atom. The van der Waals surface area contributed by atoms with Gasteiger partial charge in [0.15, 0.2) is 0 Å². The van der Waals surface area contributed by atoms with Crippen molar-refractivity contribution in [3.8, 4) is 5.75 Å². The molecule has 2 rings (SSSR count). The lowest BCUT2D eigenvalue weighted by Crippen LogP contribution is -2.46. The van der Waals surface area contributed by atoms with Crippen LogP contribution in [0.1, 0.15) is 30.1 Å². The van der Waals surface area contributed by atoms with E-state index in [2.05, 4.69) is 10.3 Å². The molecule has 0 aliphatic carbocycles. The first-order valence-corrected chi connectivity index (χ1v) is 6.96. The van der Waals surface area contributed by atoms with Crippen LogP contribution in [-0.2, 0) is 4.74 Å². The first kappa shape index (κ1) is 15.1. The molecule has 0 unspecified atom stereocenters. The number of aromatic nitrogens is 1. The molecule has 7 nitrogen and oxygen atoms in total. The Kier molecular flexibility index (Phi) is 4.97. The Hall–Kier alpha value is -2.31. The smallest absolute Gasteiger partial charge is 0.409 e. The highest BCUT2D eigenvalue weighted by Gasteiger charge is 2.24. The molecular formula is C14H19N3O4. The van der Waals surface area contributed by atoms with Crippen LogP contribution in [-0.4, -0.2) is 52.7 Å². The molecule has 2 N–H and O–H groups in total. The van der Waals surface area contributed by atoms with Gasteiger partial charge in [-0.05, 0) is 25.8 Å². The van der Waals surface area contributed by atoms with Gasteiger partial charge in [0.1, 0.15) is 5.75 Å². The van der Waals surface area contributed by atoms with Crippen LogP contribution in [0.25, 0.3) is 0 Å². The molecular weight excluding hydrogens is 274 g/mol. The number of hydrogen-bond acceptors (Lipinski definition) is 5. The number of piperidine rings is 1. The average molecular weight is 293 g/mol. The predicted octanol–water partition coefficient (Wildman–Crippen LogP) is 1.14. The summed E-state index contributed by atoms with van der Waals surface area (Å²) in [4.78, 5) is 29.0. The monoisotopic (exact) mass is 293 g/mol. The summed E-state index contributed by atoms with van der Waals surface area (Å²) in [5.74, 6) is -0.312. The molecule has 1 saturated heterocycles. The van der Waals surface area contributed by atoms with Crippen LogP contribution in [0, 0.1) is 0 Å². The molecule has 1 aliphatic rings. The van der Waals surface area contributed by atoms with Crippen molar-refractivity contribution in [1.29, 1.82) is 0 Å². The third-order valence-electron chi connectivity index (χ3n) is 3.34. The number of hydrogen-bond donors (Lipinski definition) is 2. The van der Waals surface area contributed by atoms with Crippen molar-refractivity contribution in [2.75, 3.05) is 19.7 Å². The maximum Gasteiger partial charge on any atom is 0.409 e. The zero-order valence-electron chi connectivity index (χ0n) is 11.9. The van der Waals surface area contributed by atoms with E-state index in [1.54, 1.807) is 11.8 Å². The highest BCUT2D eigenvalue weighted by molar-refractivity contribution is 5.94. The summed E-state index contributed by atoms with van der Waals surface area (Å²) >= 11 is 0. The highest BCUT2D eigenvalue weighted by atomic mass is 16.6. The Morgan fingerprint density at radius 1 is 1.43 bits per heavy atom. The molecule has 0 radical (unpaired) electrons. The first-order chi connectivity index (χ1) is 10.1. The second kappa shape index (κ2) is 6.92. The predicted molar refractivity (Wildman–Crippen MR) is 75.0 cm³/mol. The minimum atomic E-state index is -0.306. The molecule has 0 bridgehead atoms. The van der Waals surface area contributed by atoms with E-state index in [0.29, 0.717) is 38.1 Å². The van der Waals surface area contributed by atoms with Crippen molar-refractivity contribution >= 4 is 12.0 Å². The van der Waals surface area contributed by atoms with Crippen molar-refractivity contribution < 1.29 is 19.4 Å². The Morgan fingerprint density at radius 3 is 2.76 bits per heavy atom. The minimum absolute atomic E-state index is 0.00512. The zero-order valence-corrected chi connectivity index (χ0v) is 11.9. The first-order valence-electron chi connectivity index (χ1n) is 6.96. The van der Waals surface area contributed by atoms with Gasteiger partial charge < -0.3 is 20.1 Å². The molecule has 2 amide bonds. The molecule has 0 aromatic carbocycles. The van der Waals surface area contributed by atoms with E-state index in [9.17, 15) is 14.7 Å². The molecule has 1 aliphatic heterocycles. The molecule has 114 valence electrons. The van der Waals surface area contributed by atoms with Crippen molar-refractivity contribution in [1.82, 2.24) is 15.2 Å². The van der Waals surface area contributed by atoms with Gasteiger partial charge in [0.2, 0.25) is 0 Å². The van der Waals surface area contributed by atoms with Gasteiger partial charge in [-0.1, -0.05) is 0 Å². The standard InChI is InChI=1S/C14H19N3O4/c1-2-21-14(20)17-5-3-11(4-6-17)16-13(19)10-7-12(18)9-15-8-10/h7-9,11,18H,2-6H2,1H3,(H,16,19). The Balaban J connectivity index is 1.83. The van der Waals surface area contributed by atoms with E-state index in [0.717, 1.165) is 0 Å². The third kappa shape index (κ3) is 4.08. The van der Waals surface area contributed by atoms with Gasteiger partial charge >= 0.3 is 6.09 Å². The van der Waals surface area contributed by atoms with Crippen LogP contribution in [0.3, 0.4) is 0 Å². The number of pyridine rings is 1. The minimum Gasteiger partial charge on any atom is -0.506 e. The lowest BCUT2D eigenvalue weighted by molar-refractivity contribution is 0.0859. The summed E-state index contributed by atoms with van der Waals surface area (Å²) in [6, 6.07) is 1.38. The van der Waals surface area contributed by atoms with Crippen LogP contribution in [0.15, 0.2) is 18.5 Å². The summed E-state index contributed by atoms with van der Waals surface area (Å²) in [6.07, 6.45) is 3.73. The maximum atomic E-state index is 12.0. The van der Waals surface area contributed by atoms with Gasteiger partial charge in [-0.3, -0.25) is 9.78 Å². The average Bonchev–Trinajstić information content (AvgIpc) is 2.48. The fraction of sp³-hybridized carbons (Fsp3) is 0.500.